The van der Waals surface area contributed by atoms with Gasteiger partial charge < -0.3 is 14.6 Å². The first-order valence-corrected chi connectivity index (χ1v) is 0.908. The van der Waals surface area contributed by atoms with E-state index in [0.717, 1.165) is 6.92 Å². The fourth-order valence-corrected chi connectivity index (χ4v) is 0. The van der Waals surface area contributed by atoms with Crippen LogP contribution in [0.3, 0.4) is 0 Å². The van der Waals surface area contributed by atoms with Crippen LogP contribution in [0.2, 0.25) is 0 Å². The molecule has 0 aliphatic rings. The van der Waals surface area contributed by atoms with Crippen LogP contribution in [0.1, 0.15) is 6.92 Å². The van der Waals surface area contributed by atoms with Crippen molar-refractivity contribution in [3.63, 3.8) is 0 Å². The van der Waals surface area contributed by atoms with E-state index in [4.69, 9.17) is 9.90 Å². The van der Waals surface area contributed by atoms with Crippen molar-refractivity contribution in [2.75, 3.05) is 0 Å². The van der Waals surface area contributed by atoms with Gasteiger partial charge in [0.15, 0.2) is 0 Å². The zero-order valence-electron chi connectivity index (χ0n) is 3.40. The number of carboxylic acid groups (broad SMARTS) is 1. The van der Waals surface area contributed by atoms with Gasteiger partial charge in [-0.2, -0.15) is 0 Å². The number of carbonyl (C=O) groups is 1. The molecule has 0 rings (SSSR count). The maximum atomic E-state index is 8.89. The monoisotopic (exact) mass is 166 g/mol. The Morgan fingerprint density at radius 3 is 1.67 bits per heavy atom. The Morgan fingerprint density at radius 2 is 1.67 bits per heavy atom. The molecule has 4 heteroatoms. The topological polar surface area (TPSA) is 40.1 Å². The van der Waals surface area contributed by atoms with E-state index in [9.17, 15) is 0 Å². The first-order valence-electron chi connectivity index (χ1n) is 0.908. The van der Waals surface area contributed by atoms with E-state index in [0.29, 0.717) is 0 Å². The third-order valence-electron chi connectivity index (χ3n) is 0. The smallest absolute Gasteiger partial charge is 1.00 e. The molecule has 0 aromatic rings. The van der Waals surface area contributed by atoms with Gasteiger partial charge in [0.1, 0.15) is 0 Å². The Bertz CT molecular complexity index is 34.5. The van der Waals surface area contributed by atoms with Gasteiger partial charge in [-0.05, 0) is 6.92 Å². The Balaban J connectivity index is -0.0000000450. The molecular weight excluding hydrogens is 163 g/mol. The first-order chi connectivity index (χ1) is 1.73. The normalized spacial score (nSPS) is 4.17. The fourth-order valence-electron chi connectivity index (χ4n) is 0. The summed E-state index contributed by atoms with van der Waals surface area (Å²) < 4.78 is 0. The molecule has 0 bridgehead atoms. The second kappa shape index (κ2) is 9.30. The zero-order valence-corrected chi connectivity index (χ0v) is 6.88. The summed E-state index contributed by atoms with van der Waals surface area (Å²) in [5.74, 6) is -1.08. The van der Waals surface area contributed by atoms with E-state index in [1.54, 1.807) is 0 Å². The zero-order chi connectivity index (χ0) is 3.58. The van der Waals surface area contributed by atoms with E-state index in [1.807, 2.05) is 0 Å². The summed E-state index contributed by atoms with van der Waals surface area (Å²) in [5, 5.41) is 8.89. The molecule has 6 heavy (non-hydrogen) atoms. The number of hydrogen-bond acceptors (Lipinski definition) is 2. The standard InChI is InChI=1S/C2H4O2.FH.Sr/c1-2(3)4;;/h1H3,(H,3,4);1H;/q;;+2/p-2. The van der Waals surface area contributed by atoms with Crippen molar-refractivity contribution in [1.29, 1.82) is 0 Å². The molecule has 32 valence electrons. The summed E-state index contributed by atoms with van der Waals surface area (Å²) in [6.45, 7) is 0.972. The van der Waals surface area contributed by atoms with Crippen molar-refractivity contribution in [2.45, 2.75) is 6.92 Å². The number of carboxylic acids is 1. The van der Waals surface area contributed by atoms with Crippen molar-refractivity contribution >= 4 is 51.5 Å². The van der Waals surface area contributed by atoms with Crippen LogP contribution in [0, 0.1) is 0 Å². The molecule has 0 spiro atoms. The van der Waals surface area contributed by atoms with Gasteiger partial charge >= 0.3 is 45.5 Å². The van der Waals surface area contributed by atoms with Crippen molar-refractivity contribution in [3.8, 4) is 0 Å². The maximum Gasteiger partial charge on any atom is 2.00 e. The van der Waals surface area contributed by atoms with E-state index < -0.39 is 5.97 Å². The molecule has 0 saturated carbocycles. The van der Waals surface area contributed by atoms with Crippen molar-refractivity contribution < 1.29 is 14.6 Å². The number of carbonyl (C=O) groups excluding carboxylic acids is 1. The molecule has 0 aliphatic heterocycles. The Labute approximate surface area is 72.2 Å². The molecular formula is C2H3FO2Sr. The predicted molar refractivity (Wildman–Crippen MR) is 16.4 cm³/mol. The Kier molecular flexibility index (Phi) is 24.5. The van der Waals surface area contributed by atoms with Crippen LogP contribution >= 0.6 is 0 Å². The molecule has 0 heterocycles. The minimum absolute atomic E-state index is 0. The quantitative estimate of drug-likeness (QED) is 0.339. The van der Waals surface area contributed by atoms with Gasteiger partial charge in [-0.1, -0.05) is 0 Å². The largest absolute Gasteiger partial charge is 2.00 e. The molecule has 0 amide bonds. The van der Waals surface area contributed by atoms with Gasteiger partial charge in [0.05, 0.1) is 0 Å². The average molecular weight is 166 g/mol. The van der Waals surface area contributed by atoms with E-state index in [2.05, 4.69) is 0 Å². The van der Waals surface area contributed by atoms with Crippen LogP contribution in [-0.2, 0) is 4.79 Å². The molecule has 0 aliphatic carbocycles. The number of rotatable bonds is 0. The van der Waals surface area contributed by atoms with Crippen LogP contribution in [0.4, 0.5) is 0 Å². The minimum atomic E-state index is -1.08. The van der Waals surface area contributed by atoms with Crippen molar-refractivity contribution in [2.24, 2.45) is 0 Å². The maximum absolute atomic E-state index is 8.89. The first kappa shape index (κ1) is 15.8. The Morgan fingerprint density at radius 1 is 1.67 bits per heavy atom. The molecule has 2 nitrogen and oxygen atoms in total. The molecule has 0 radical (unpaired) electrons. The third kappa shape index (κ3) is 94.8. The van der Waals surface area contributed by atoms with E-state index in [1.165, 1.54) is 0 Å². The number of hydrogen-bond donors (Lipinski definition) is 0. The van der Waals surface area contributed by atoms with Gasteiger partial charge in [-0.25, -0.2) is 0 Å². The molecule has 0 atom stereocenters. The summed E-state index contributed by atoms with van der Waals surface area (Å²) in [6.07, 6.45) is 0. The third-order valence-corrected chi connectivity index (χ3v) is 0. The molecule has 0 fully saturated rings. The fraction of sp³-hybridized carbons (Fsp3) is 0.500. The SMILES string of the molecule is CC(=O)[O-].[F-].[Sr+2]. The van der Waals surface area contributed by atoms with Gasteiger partial charge in [0.25, 0.3) is 0 Å². The summed E-state index contributed by atoms with van der Waals surface area (Å²) in [4.78, 5) is 8.89. The molecule has 0 N–H and O–H groups in total. The molecule has 0 aromatic carbocycles. The average Bonchev–Trinajstić information content (AvgIpc) is 0.811. The molecule has 0 unspecified atom stereocenters. The van der Waals surface area contributed by atoms with Crippen LogP contribution < -0.4 is 9.81 Å². The van der Waals surface area contributed by atoms with Crippen molar-refractivity contribution in [1.82, 2.24) is 0 Å². The van der Waals surface area contributed by atoms with Crippen LogP contribution in [0.15, 0.2) is 0 Å². The summed E-state index contributed by atoms with van der Waals surface area (Å²) in [7, 11) is 0. The van der Waals surface area contributed by atoms with Gasteiger partial charge in [0.2, 0.25) is 0 Å². The van der Waals surface area contributed by atoms with Crippen LogP contribution in [-0.4, -0.2) is 51.5 Å². The minimum Gasteiger partial charge on any atom is -1.00 e. The van der Waals surface area contributed by atoms with Gasteiger partial charge in [-0.3, -0.25) is 0 Å². The van der Waals surface area contributed by atoms with Crippen LogP contribution in [0.5, 0.6) is 0 Å². The van der Waals surface area contributed by atoms with E-state index >= 15 is 0 Å². The van der Waals surface area contributed by atoms with Crippen molar-refractivity contribution in [3.05, 3.63) is 0 Å². The molecule has 0 saturated heterocycles. The summed E-state index contributed by atoms with van der Waals surface area (Å²) in [6, 6.07) is 0. The van der Waals surface area contributed by atoms with Gasteiger partial charge in [-0.15, -0.1) is 0 Å². The number of halogens is 1. The van der Waals surface area contributed by atoms with Crippen LogP contribution in [0.25, 0.3) is 0 Å². The predicted octanol–water partition coefficient (Wildman–Crippen LogP) is -4.62. The Hall–Kier alpha value is 0.881. The summed E-state index contributed by atoms with van der Waals surface area (Å²) in [5.41, 5.74) is 0. The van der Waals surface area contributed by atoms with E-state index in [-0.39, 0.29) is 50.2 Å². The second-order valence-electron chi connectivity index (χ2n) is 0.492. The second-order valence-corrected chi connectivity index (χ2v) is 0.492. The van der Waals surface area contributed by atoms with Gasteiger partial charge in [0, 0.05) is 5.97 Å². The summed E-state index contributed by atoms with van der Waals surface area (Å²) >= 11 is 0. The number of aliphatic carboxylic acids is 1. The molecule has 0 aromatic heterocycles.